The minimum Gasteiger partial charge on any atom is -0.462 e. The van der Waals surface area contributed by atoms with Crippen molar-refractivity contribution in [2.75, 3.05) is 13.2 Å². The molecule has 6 nitrogen and oxygen atoms in total. The molecule has 0 bridgehead atoms. The van der Waals surface area contributed by atoms with Gasteiger partial charge < -0.3 is 14.2 Å². The molecule has 1 atom stereocenters. The summed E-state index contributed by atoms with van der Waals surface area (Å²) in [5.74, 6) is -0.848. The highest BCUT2D eigenvalue weighted by molar-refractivity contribution is 5.71. The number of unbranched alkanes of at least 4 members (excludes halogenated alkanes) is 46. The molecule has 0 rings (SSSR count). The Morgan fingerprint density at radius 1 is 0.271 bits per heavy atom. The molecule has 0 heterocycles. The normalized spacial score (nSPS) is 12.0. The average Bonchev–Trinajstić information content (AvgIpc) is 3.36. The van der Waals surface area contributed by atoms with Crippen molar-refractivity contribution >= 4 is 17.9 Å². The van der Waals surface area contributed by atoms with Crippen LogP contribution < -0.4 is 0 Å². The van der Waals surface area contributed by atoms with Gasteiger partial charge in [0.2, 0.25) is 0 Å². The topological polar surface area (TPSA) is 78.9 Å². The predicted octanol–water partition coefficient (Wildman–Crippen LogP) is 21.3. The van der Waals surface area contributed by atoms with E-state index in [1.165, 1.54) is 263 Å². The lowest BCUT2D eigenvalue weighted by Gasteiger charge is -2.18. The predicted molar refractivity (Wildman–Crippen MR) is 303 cm³/mol. The van der Waals surface area contributed by atoms with Crippen molar-refractivity contribution in [3.05, 3.63) is 12.2 Å². The lowest BCUT2D eigenvalue weighted by atomic mass is 10.0. The van der Waals surface area contributed by atoms with Gasteiger partial charge in [0.25, 0.3) is 0 Å². The van der Waals surface area contributed by atoms with Crippen LogP contribution in [0.3, 0.4) is 0 Å². The lowest BCUT2D eigenvalue weighted by Crippen LogP contribution is -2.30. The Bertz CT molecular complexity index is 1090. The highest BCUT2D eigenvalue weighted by Crippen LogP contribution is 2.18. The summed E-state index contributed by atoms with van der Waals surface area (Å²) in [4.78, 5) is 38.0. The molecule has 0 aromatic heterocycles. The van der Waals surface area contributed by atoms with Gasteiger partial charge >= 0.3 is 17.9 Å². The third-order valence-electron chi connectivity index (χ3n) is 14.5. The van der Waals surface area contributed by atoms with Gasteiger partial charge in [-0.2, -0.15) is 0 Å². The molecule has 0 saturated carbocycles. The summed E-state index contributed by atoms with van der Waals surface area (Å²) in [6.45, 7) is 6.66. The zero-order valence-corrected chi connectivity index (χ0v) is 47.6. The quantitative estimate of drug-likeness (QED) is 0.0261. The van der Waals surface area contributed by atoms with Crippen molar-refractivity contribution in [3.63, 3.8) is 0 Å². The lowest BCUT2D eigenvalue weighted by molar-refractivity contribution is -0.167. The second-order valence-electron chi connectivity index (χ2n) is 21.7. The number of esters is 3. The van der Waals surface area contributed by atoms with Gasteiger partial charge in [-0.25, -0.2) is 0 Å². The molecule has 0 aromatic carbocycles. The molecule has 0 fully saturated rings. The number of ether oxygens (including phenoxy) is 3. The molecule has 0 aromatic rings. The fourth-order valence-corrected chi connectivity index (χ4v) is 9.74. The van der Waals surface area contributed by atoms with Crippen molar-refractivity contribution in [1.29, 1.82) is 0 Å². The molecule has 70 heavy (non-hydrogen) atoms. The summed E-state index contributed by atoms with van der Waals surface area (Å²) < 4.78 is 16.8. The van der Waals surface area contributed by atoms with E-state index in [2.05, 4.69) is 32.9 Å². The summed E-state index contributed by atoms with van der Waals surface area (Å²) in [5, 5.41) is 0. The van der Waals surface area contributed by atoms with Crippen LogP contribution in [0.2, 0.25) is 0 Å². The Morgan fingerprint density at radius 3 is 0.714 bits per heavy atom. The van der Waals surface area contributed by atoms with Gasteiger partial charge in [-0.3, -0.25) is 14.4 Å². The van der Waals surface area contributed by atoms with Crippen LogP contribution in [0.1, 0.15) is 361 Å². The van der Waals surface area contributed by atoms with E-state index in [0.29, 0.717) is 19.3 Å². The number of carbonyl (C=O) groups excluding carboxylic acids is 3. The van der Waals surface area contributed by atoms with E-state index in [-0.39, 0.29) is 31.1 Å². The summed E-state index contributed by atoms with van der Waals surface area (Å²) in [6, 6.07) is 0. The van der Waals surface area contributed by atoms with Gasteiger partial charge in [0.1, 0.15) is 13.2 Å². The summed E-state index contributed by atoms with van der Waals surface area (Å²) in [5.41, 5.74) is 0. The van der Waals surface area contributed by atoms with E-state index in [9.17, 15) is 14.4 Å². The van der Waals surface area contributed by atoms with Gasteiger partial charge in [0.15, 0.2) is 6.10 Å². The Labute approximate surface area is 437 Å². The van der Waals surface area contributed by atoms with Gasteiger partial charge in [0.05, 0.1) is 0 Å². The van der Waals surface area contributed by atoms with Crippen LogP contribution in [0.25, 0.3) is 0 Å². The minimum atomic E-state index is -0.765. The number of carbonyl (C=O) groups is 3. The Morgan fingerprint density at radius 2 is 0.471 bits per heavy atom. The number of hydrogen-bond donors (Lipinski definition) is 0. The third-order valence-corrected chi connectivity index (χ3v) is 14.5. The molecular formula is C64H122O6. The third kappa shape index (κ3) is 57.1. The Kier molecular flexibility index (Phi) is 58.1. The summed E-state index contributed by atoms with van der Waals surface area (Å²) in [6.07, 6.45) is 69.6. The molecule has 0 radical (unpaired) electrons. The molecule has 6 heteroatoms. The maximum Gasteiger partial charge on any atom is 0.306 e. The number of rotatable bonds is 59. The molecule has 0 aliphatic rings. The zero-order valence-electron chi connectivity index (χ0n) is 47.6. The van der Waals surface area contributed by atoms with Gasteiger partial charge in [-0.05, 0) is 44.9 Å². The SMILES string of the molecule is CCCCCCCCCC/C=C\CCCCCCCCCCCC(=O)OC(COC(=O)CCCCCCCCC)COC(=O)CCCCCCCCCCCCCCCCCCCCCCCCCC. The first-order valence-corrected chi connectivity index (χ1v) is 31.7. The van der Waals surface area contributed by atoms with Crippen LogP contribution in [0.4, 0.5) is 0 Å². The maximum absolute atomic E-state index is 12.8. The van der Waals surface area contributed by atoms with E-state index in [0.717, 1.165) is 57.8 Å². The van der Waals surface area contributed by atoms with Crippen molar-refractivity contribution in [2.45, 2.75) is 367 Å². The van der Waals surface area contributed by atoms with Gasteiger partial charge in [-0.1, -0.05) is 309 Å². The second-order valence-corrected chi connectivity index (χ2v) is 21.7. The number of hydrogen-bond acceptors (Lipinski definition) is 6. The Hall–Kier alpha value is -1.85. The van der Waals surface area contributed by atoms with E-state index in [1.54, 1.807) is 0 Å². The summed E-state index contributed by atoms with van der Waals surface area (Å²) >= 11 is 0. The fraction of sp³-hybridized carbons (Fsp3) is 0.922. The van der Waals surface area contributed by atoms with Crippen LogP contribution >= 0.6 is 0 Å². The highest BCUT2D eigenvalue weighted by atomic mass is 16.6. The Balaban J connectivity index is 4.08. The highest BCUT2D eigenvalue weighted by Gasteiger charge is 2.19. The van der Waals surface area contributed by atoms with E-state index < -0.39 is 6.10 Å². The minimum absolute atomic E-state index is 0.0652. The van der Waals surface area contributed by atoms with Gasteiger partial charge in [0, 0.05) is 19.3 Å². The molecule has 0 saturated heterocycles. The molecule has 0 aliphatic carbocycles. The van der Waals surface area contributed by atoms with Crippen LogP contribution in [-0.4, -0.2) is 37.2 Å². The van der Waals surface area contributed by atoms with Crippen LogP contribution in [0.5, 0.6) is 0 Å². The molecule has 0 amide bonds. The van der Waals surface area contributed by atoms with Crippen LogP contribution in [0, 0.1) is 0 Å². The van der Waals surface area contributed by atoms with Crippen molar-refractivity contribution < 1.29 is 28.6 Å². The zero-order chi connectivity index (χ0) is 50.7. The van der Waals surface area contributed by atoms with E-state index in [4.69, 9.17) is 14.2 Å². The second kappa shape index (κ2) is 59.7. The first kappa shape index (κ1) is 68.2. The molecule has 0 aliphatic heterocycles. The fourth-order valence-electron chi connectivity index (χ4n) is 9.74. The standard InChI is InChI=1S/C64H122O6/c1-4-7-10-13-16-18-20-22-24-26-28-30-31-32-34-35-37-39-41-43-45-48-51-54-57-63(66)69-60-61(59-68-62(65)56-53-50-47-15-12-9-6-3)70-64(67)58-55-52-49-46-44-42-40-38-36-33-29-27-25-23-21-19-17-14-11-8-5-2/h27,29,61H,4-26,28,30-60H2,1-3H3/b29-27-. The van der Waals surface area contributed by atoms with E-state index >= 15 is 0 Å². The molecule has 0 N–H and O–H groups in total. The first-order chi connectivity index (χ1) is 34.5. The van der Waals surface area contributed by atoms with Crippen molar-refractivity contribution in [3.8, 4) is 0 Å². The molecular weight excluding hydrogens is 865 g/mol. The molecule has 1 unspecified atom stereocenters. The molecule has 414 valence electrons. The molecule has 0 spiro atoms. The van der Waals surface area contributed by atoms with Crippen molar-refractivity contribution in [2.24, 2.45) is 0 Å². The van der Waals surface area contributed by atoms with Crippen LogP contribution in [-0.2, 0) is 28.6 Å². The van der Waals surface area contributed by atoms with Gasteiger partial charge in [-0.15, -0.1) is 0 Å². The monoisotopic (exact) mass is 987 g/mol. The summed E-state index contributed by atoms with van der Waals surface area (Å²) in [7, 11) is 0. The van der Waals surface area contributed by atoms with E-state index in [1.807, 2.05) is 0 Å². The van der Waals surface area contributed by atoms with Crippen molar-refractivity contribution in [1.82, 2.24) is 0 Å². The smallest absolute Gasteiger partial charge is 0.306 e. The largest absolute Gasteiger partial charge is 0.462 e. The van der Waals surface area contributed by atoms with Crippen LogP contribution in [0.15, 0.2) is 12.2 Å². The maximum atomic E-state index is 12.8. The first-order valence-electron chi connectivity index (χ1n) is 31.7. The average molecular weight is 988 g/mol. The number of allylic oxidation sites excluding steroid dienone is 2.